The Hall–Kier alpha value is -3.79. The zero-order valence-corrected chi connectivity index (χ0v) is 23.3. The lowest BCUT2D eigenvalue weighted by atomic mass is 9.93. The molecule has 0 saturated heterocycles. The lowest BCUT2D eigenvalue weighted by Gasteiger charge is -2.28. The Bertz CT molecular complexity index is 1570. The van der Waals surface area contributed by atoms with Crippen molar-refractivity contribution in [1.29, 1.82) is 0 Å². The van der Waals surface area contributed by atoms with E-state index in [1.807, 2.05) is 31.2 Å². The Kier molecular flexibility index (Phi) is 7.63. The predicted molar refractivity (Wildman–Crippen MR) is 147 cm³/mol. The summed E-state index contributed by atoms with van der Waals surface area (Å²) in [6, 6.07) is 12.9. The number of hydrogen-bond acceptors (Lipinski definition) is 7. The van der Waals surface area contributed by atoms with Crippen LogP contribution in [-0.4, -0.2) is 51.3 Å². The molecular weight excluding hydrogens is 539 g/mol. The second-order valence-corrected chi connectivity index (χ2v) is 12.6. The van der Waals surface area contributed by atoms with Crippen molar-refractivity contribution in [2.45, 2.75) is 38.7 Å². The van der Waals surface area contributed by atoms with Crippen molar-refractivity contribution in [3.63, 3.8) is 0 Å². The molecule has 10 heteroatoms. The summed E-state index contributed by atoms with van der Waals surface area (Å²) in [5.41, 5.74) is 4.48. The highest BCUT2D eigenvalue weighted by Gasteiger charge is 2.31. The van der Waals surface area contributed by atoms with Crippen LogP contribution >= 0.6 is 0 Å². The van der Waals surface area contributed by atoms with Crippen LogP contribution in [0.4, 0.5) is 4.39 Å². The molecule has 0 amide bonds. The van der Waals surface area contributed by atoms with Crippen LogP contribution < -0.4 is 18.9 Å². The van der Waals surface area contributed by atoms with Gasteiger partial charge in [-0.1, -0.05) is 18.2 Å². The molecule has 0 bridgehead atoms. The number of rotatable bonds is 9. The van der Waals surface area contributed by atoms with Crippen LogP contribution in [-0.2, 0) is 14.6 Å². The first-order valence-electron chi connectivity index (χ1n) is 13.0. The molecule has 0 spiro atoms. The first-order chi connectivity index (χ1) is 19.0. The van der Waals surface area contributed by atoms with E-state index in [9.17, 15) is 18.3 Å². The molecular formula is C30H31FO8S. The number of aliphatic carboxylic acids is 1. The summed E-state index contributed by atoms with van der Waals surface area (Å²) < 4.78 is 61.6. The van der Waals surface area contributed by atoms with E-state index in [-0.39, 0.29) is 43.5 Å². The SMILES string of the molecule is Cc1cc(OCCCS(C)(=O)=O)c(F)c(C)c1-c1cccc([C@H]2COc3cc4c(cc3O2)OC[C@H]4CC(=O)O)c1. The molecule has 8 nitrogen and oxygen atoms in total. The minimum absolute atomic E-state index is 0.0161. The fourth-order valence-electron chi connectivity index (χ4n) is 5.25. The lowest BCUT2D eigenvalue weighted by Crippen LogP contribution is -2.21. The van der Waals surface area contributed by atoms with Crippen LogP contribution in [0.25, 0.3) is 11.1 Å². The Morgan fingerprint density at radius 3 is 2.60 bits per heavy atom. The van der Waals surface area contributed by atoms with Crippen LogP contribution in [0.3, 0.4) is 0 Å². The van der Waals surface area contributed by atoms with Crippen molar-refractivity contribution in [1.82, 2.24) is 0 Å². The van der Waals surface area contributed by atoms with Gasteiger partial charge in [-0.3, -0.25) is 4.79 Å². The topological polar surface area (TPSA) is 108 Å². The minimum Gasteiger partial charge on any atom is -0.492 e. The molecule has 0 aromatic heterocycles. The number of halogens is 1. The lowest BCUT2D eigenvalue weighted by molar-refractivity contribution is -0.137. The number of sulfone groups is 1. The fraction of sp³-hybridized carbons (Fsp3) is 0.367. The van der Waals surface area contributed by atoms with Gasteiger partial charge in [-0.25, -0.2) is 12.8 Å². The van der Waals surface area contributed by atoms with Crippen LogP contribution in [0.1, 0.15) is 47.1 Å². The van der Waals surface area contributed by atoms with Crippen molar-refractivity contribution in [2.75, 3.05) is 31.8 Å². The summed E-state index contributed by atoms with van der Waals surface area (Å²) >= 11 is 0. The third kappa shape index (κ3) is 5.86. The molecule has 40 heavy (non-hydrogen) atoms. The van der Waals surface area contributed by atoms with E-state index in [0.717, 1.165) is 34.1 Å². The van der Waals surface area contributed by atoms with Crippen molar-refractivity contribution in [3.05, 3.63) is 70.5 Å². The number of fused-ring (bicyclic) bond motifs is 2. The third-order valence-electron chi connectivity index (χ3n) is 7.16. The van der Waals surface area contributed by atoms with E-state index < -0.39 is 27.7 Å². The summed E-state index contributed by atoms with van der Waals surface area (Å²) in [5.74, 6) is 0.162. The van der Waals surface area contributed by atoms with Crippen LogP contribution in [0.15, 0.2) is 42.5 Å². The predicted octanol–water partition coefficient (Wildman–Crippen LogP) is 5.39. The molecule has 5 rings (SSSR count). The summed E-state index contributed by atoms with van der Waals surface area (Å²) in [4.78, 5) is 11.2. The Morgan fingerprint density at radius 2 is 1.85 bits per heavy atom. The first-order valence-corrected chi connectivity index (χ1v) is 15.1. The van der Waals surface area contributed by atoms with Gasteiger partial charge in [-0.05, 0) is 66.3 Å². The number of hydrogen-bond donors (Lipinski definition) is 1. The number of benzene rings is 3. The van der Waals surface area contributed by atoms with E-state index in [0.29, 0.717) is 29.4 Å². The molecule has 0 saturated carbocycles. The zero-order chi connectivity index (χ0) is 28.6. The number of carboxylic acids is 1. The van der Waals surface area contributed by atoms with Gasteiger partial charge in [-0.15, -0.1) is 0 Å². The van der Waals surface area contributed by atoms with E-state index >= 15 is 4.39 Å². The van der Waals surface area contributed by atoms with Gasteiger partial charge in [0.1, 0.15) is 22.2 Å². The number of aryl methyl sites for hydroxylation is 1. The molecule has 3 aromatic carbocycles. The van der Waals surface area contributed by atoms with Crippen LogP contribution in [0.2, 0.25) is 0 Å². The molecule has 0 radical (unpaired) electrons. The minimum atomic E-state index is -3.11. The zero-order valence-electron chi connectivity index (χ0n) is 22.5. The van der Waals surface area contributed by atoms with Gasteiger partial charge in [0.15, 0.2) is 29.2 Å². The van der Waals surface area contributed by atoms with Crippen LogP contribution in [0.5, 0.6) is 23.0 Å². The quantitative estimate of drug-likeness (QED) is 0.342. The first kappa shape index (κ1) is 27.8. The standard InChI is InChI=1S/C30H31FO8S/c1-17-10-26(36-8-5-9-40(3,34)35)30(31)18(2)29(17)20-7-4-6-19(11-20)27-16-38-24-13-22-21(12-28(32)33)15-37-23(22)14-25(24)39-27/h4,6-7,10-11,13-14,21,27H,5,8-9,12,15-16H2,1-3H3,(H,32,33)/t21-,27-/m1/s1. The van der Waals surface area contributed by atoms with E-state index in [1.165, 1.54) is 0 Å². The molecule has 1 N–H and O–H groups in total. The highest BCUT2D eigenvalue weighted by atomic mass is 32.2. The largest absolute Gasteiger partial charge is 0.492 e. The van der Waals surface area contributed by atoms with E-state index in [1.54, 1.807) is 25.1 Å². The average molecular weight is 571 g/mol. The van der Waals surface area contributed by atoms with Gasteiger partial charge >= 0.3 is 5.97 Å². The normalized spacial score (nSPS) is 17.7. The van der Waals surface area contributed by atoms with Gasteiger partial charge in [0, 0.05) is 23.8 Å². The second kappa shape index (κ2) is 11.0. The summed E-state index contributed by atoms with van der Waals surface area (Å²) in [6.07, 6.45) is 1.01. The smallest absolute Gasteiger partial charge is 0.304 e. The van der Waals surface area contributed by atoms with Crippen molar-refractivity contribution in [3.8, 4) is 34.1 Å². The van der Waals surface area contributed by atoms with Gasteiger partial charge in [-0.2, -0.15) is 0 Å². The number of carboxylic acid groups (broad SMARTS) is 1. The van der Waals surface area contributed by atoms with Crippen molar-refractivity contribution < 1.29 is 41.7 Å². The molecule has 212 valence electrons. The summed E-state index contributed by atoms with van der Waals surface area (Å²) in [5, 5.41) is 9.18. The molecule has 0 aliphatic carbocycles. The maximum atomic E-state index is 15.3. The molecule has 2 aliphatic rings. The van der Waals surface area contributed by atoms with Crippen LogP contribution in [0, 0.1) is 19.7 Å². The average Bonchev–Trinajstić information content (AvgIpc) is 3.28. The number of ether oxygens (including phenoxy) is 4. The molecule has 3 aromatic rings. The second-order valence-electron chi connectivity index (χ2n) is 10.3. The van der Waals surface area contributed by atoms with Crippen molar-refractivity contribution >= 4 is 15.8 Å². The number of carbonyl (C=O) groups is 1. The monoisotopic (exact) mass is 570 g/mol. The highest BCUT2D eigenvalue weighted by molar-refractivity contribution is 7.90. The van der Waals surface area contributed by atoms with Crippen molar-refractivity contribution in [2.24, 2.45) is 0 Å². The van der Waals surface area contributed by atoms with Gasteiger partial charge < -0.3 is 24.1 Å². The van der Waals surface area contributed by atoms with Gasteiger partial charge in [0.05, 0.1) is 25.4 Å². The molecule has 0 unspecified atom stereocenters. The van der Waals surface area contributed by atoms with E-state index in [4.69, 9.17) is 18.9 Å². The van der Waals surface area contributed by atoms with Gasteiger partial charge in [0.25, 0.3) is 0 Å². The van der Waals surface area contributed by atoms with Gasteiger partial charge in [0.2, 0.25) is 0 Å². The molecule has 2 aliphatic heterocycles. The molecule has 2 heterocycles. The molecule has 2 atom stereocenters. The Balaban J connectivity index is 1.35. The Morgan fingerprint density at radius 1 is 1.07 bits per heavy atom. The maximum absolute atomic E-state index is 15.3. The Labute approximate surface area is 232 Å². The fourth-order valence-corrected chi connectivity index (χ4v) is 5.89. The summed E-state index contributed by atoms with van der Waals surface area (Å²) in [6.45, 7) is 4.24. The third-order valence-corrected chi connectivity index (χ3v) is 8.19. The molecule has 0 fully saturated rings. The summed E-state index contributed by atoms with van der Waals surface area (Å²) in [7, 11) is -3.11. The highest BCUT2D eigenvalue weighted by Crippen LogP contribution is 2.46. The van der Waals surface area contributed by atoms with E-state index in [2.05, 4.69) is 0 Å². The maximum Gasteiger partial charge on any atom is 0.304 e.